The van der Waals surface area contributed by atoms with Crippen LogP contribution < -0.4 is 0 Å². The molecule has 4 nitrogen and oxygen atoms in total. The molecule has 0 saturated carbocycles. The van der Waals surface area contributed by atoms with E-state index < -0.39 is 11.7 Å². The van der Waals surface area contributed by atoms with Crippen LogP contribution in [0, 0.1) is 0 Å². The van der Waals surface area contributed by atoms with E-state index in [1.54, 1.807) is 11.1 Å². The zero-order chi connectivity index (χ0) is 21.8. The molecular formula is C24H22F3N3O. The molecule has 7 heteroatoms. The fourth-order valence-electron chi connectivity index (χ4n) is 3.80. The maximum Gasteiger partial charge on any atom is 0.416 e. The molecule has 4 rings (SSSR count). The number of amides is 1. The summed E-state index contributed by atoms with van der Waals surface area (Å²) < 4.78 is 38.2. The number of nitrogens with zero attached hydrogens (tertiary/aromatic N) is 3. The van der Waals surface area contributed by atoms with Gasteiger partial charge in [0.05, 0.1) is 5.56 Å². The molecular weight excluding hydrogens is 403 g/mol. The number of alkyl halides is 3. The largest absolute Gasteiger partial charge is 0.416 e. The van der Waals surface area contributed by atoms with Gasteiger partial charge in [0.25, 0.3) is 5.91 Å². The second-order valence-corrected chi connectivity index (χ2v) is 7.54. The Morgan fingerprint density at radius 1 is 0.903 bits per heavy atom. The van der Waals surface area contributed by atoms with Gasteiger partial charge in [-0.05, 0) is 41.5 Å². The molecule has 2 heterocycles. The Labute approximate surface area is 178 Å². The average Bonchev–Trinajstić information content (AvgIpc) is 2.80. The molecule has 2 aromatic carbocycles. The molecule has 0 atom stereocenters. The van der Waals surface area contributed by atoms with E-state index in [1.165, 1.54) is 17.7 Å². The SMILES string of the molecule is O=C(c1ccc(C(F)(F)F)cc1)N1CCN(Cc2ccccc2-c2cccnc2)CC1. The van der Waals surface area contributed by atoms with Crippen LogP contribution in [0.15, 0.2) is 73.1 Å². The number of aromatic nitrogens is 1. The standard InChI is InChI=1S/C24H22F3N3O/c25-24(26,27)21-9-7-18(8-10-21)23(31)30-14-12-29(13-15-30)17-20-4-1-2-6-22(20)19-5-3-11-28-16-19/h1-11,16H,12-15,17H2. The van der Waals surface area contributed by atoms with Gasteiger partial charge in [0.1, 0.15) is 0 Å². The van der Waals surface area contributed by atoms with E-state index in [9.17, 15) is 18.0 Å². The third kappa shape index (κ3) is 4.94. The topological polar surface area (TPSA) is 36.4 Å². The van der Waals surface area contributed by atoms with E-state index in [0.29, 0.717) is 26.2 Å². The third-order valence-electron chi connectivity index (χ3n) is 5.50. The van der Waals surface area contributed by atoms with Crippen LogP contribution in [0.4, 0.5) is 13.2 Å². The predicted octanol–water partition coefficient (Wildman–Crippen LogP) is 4.73. The highest BCUT2D eigenvalue weighted by Crippen LogP contribution is 2.29. The minimum absolute atomic E-state index is 0.232. The van der Waals surface area contributed by atoms with E-state index in [-0.39, 0.29) is 11.5 Å². The summed E-state index contributed by atoms with van der Waals surface area (Å²) in [4.78, 5) is 20.9. The number of carbonyl (C=O) groups excluding carboxylic acids is 1. The monoisotopic (exact) mass is 425 g/mol. The molecule has 1 fully saturated rings. The zero-order valence-corrected chi connectivity index (χ0v) is 16.8. The van der Waals surface area contributed by atoms with Crippen LogP contribution in [-0.4, -0.2) is 46.9 Å². The summed E-state index contributed by atoms with van der Waals surface area (Å²) in [7, 11) is 0. The first-order chi connectivity index (χ1) is 14.9. The average molecular weight is 425 g/mol. The first-order valence-corrected chi connectivity index (χ1v) is 10.1. The van der Waals surface area contributed by atoms with E-state index in [1.807, 2.05) is 30.5 Å². The number of pyridine rings is 1. The van der Waals surface area contributed by atoms with Gasteiger partial charge in [-0.25, -0.2) is 0 Å². The summed E-state index contributed by atoms with van der Waals surface area (Å²) in [5.74, 6) is -0.232. The van der Waals surface area contributed by atoms with Gasteiger partial charge in [-0.1, -0.05) is 30.3 Å². The Hall–Kier alpha value is -3.19. The first kappa shape index (κ1) is 21.1. The molecule has 0 N–H and O–H groups in total. The quantitative estimate of drug-likeness (QED) is 0.607. The van der Waals surface area contributed by atoms with Crippen molar-refractivity contribution < 1.29 is 18.0 Å². The minimum atomic E-state index is -4.40. The molecule has 31 heavy (non-hydrogen) atoms. The lowest BCUT2D eigenvalue weighted by Gasteiger charge is -2.35. The number of piperazine rings is 1. The van der Waals surface area contributed by atoms with Crippen LogP contribution in [0.25, 0.3) is 11.1 Å². The summed E-state index contributed by atoms with van der Waals surface area (Å²) >= 11 is 0. The van der Waals surface area contributed by atoms with Crippen molar-refractivity contribution in [3.05, 3.63) is 89.7 Å². The number of benzene rings is 2. The summed E-state index contributed by atoms with van der Waals surface area (Å²) in [6.07, 6.45) is -0.808. The maximum atomic E-state index is 12.7. The van der Waals surface area contributed by atoms with Gasteiger partial charge in [0.2, 0.25) is 0 Å². The third-order valence-corrected chi connectivity index (χ3v) is 5.50. The number of rotatable bonds is 4. The smallest absolute Gasteiger partial charge is 0.336 e. The van der Waals surface area contributed by atoms with Gasteiger partial charge < -0.3 is 4.90 Å². The first-order valence-electron chi connectivity index (χ1n) is 10.1. The molecule has 0 unspecified atom stereocenters. The number of hydrogen-bond donors (Lipinski definition) is 0. The van der Waals surface area contributed by atoms with Crippen molar-refractivity contribution in [2.45, 2.75) is 12.7 Å². The fraction of sp³-hybridized carbons (Fsp3) is 0.250. The second kappa shape index (κ2) is 8.89. The maximum absolute atomic E-state index is 12.7. The molecule has 0 spiro atoms. The molecule has 1 aliphatic heterocycles. The van der Waals surface area contributed by atoms with Gasteiger partial charge >= 0.3 is 6.18 Å². The van der Waals surface area contributed by atoms with Crippen LogP contribution in [0.5, 0.6) is 0 Å². The predicted molar refractivity (Wildman–Crippen MR) is 112 cm³/mol. The fourth-order valence-corrected chi connectivity index (χ4v) is 3.80. The second-order valence-electron chi connectivity index (χ2n) is 7.54. The molecule has 0 bridgehead atoms. The highest BCUT2D eigenvalue weighted by Gasteiger charge is 2.30. The van der Waals surface area contributed by atoms with Crippen molar-refractivity contribution in [2.24, 2.45) is 0 Å². The summed E-state index contributed by atoms with van der Waals surface area (Å²) in [6.45, 7) is 3.23. The van der Waals surface area contributed by atoms with E-state index in [4.69, 9.17) is 0 Å². The lowest BCUT2D eigenvalue weighted by molar-refractivity contribution is -0.137. The van der Waals surface area contributed by atoms with Crippen molar-refractivity contribution in [3.8, 4) is 11.1 Å². The Bertz CT molecular complexity index is 1030. The van der Waals surface area contributed by atoms with E-state index in [2.05, 4.69) is 22.0 Å². The highest BCUT2D eigenvalue weighted by molar-refractivity contribution is 5.94. The molecule has 0 radical (unpaired) electrons. The minimum Gasteiger partial charge on any atom is -0.336 e. The summed E-state index contributed by atoms with van der Waals surface area (Å²) in [5, 5.41) is 0. The molecule has 3 aromatic rings. The molecule has 1 aliphatic rings. The van der Waals surface area contributed by atoms with Crippen LogP contribution in [0.3, 0.4) is 0 Å². The van der Waals surface area contributed by atoms with E-state index >= 15 is 0 Å². The van der Waals surface area contributed by atoms with Gasteiger partial charge in [-0.15, -0.1) is 0 Å². The molecule has 1 aromatic heterocycles. The van der Waals surface area contributed by atoms with Crippen molar-refractivity contribution in [3.63, 3.8) is 0 Å². The van der Waals surface area contributed by atoms with Crippen molar-refractivity contribution in [1.82, 2.24) is 14.8 Å². The molecule has 1 saturated heterocycles. The number of hydrogen-bond acceptors (Lipinski definition) is 3. The van der Waals surface area contributed by atoms with Gasteiger partial charge in [-0.3, -0.25) is 14.7 Å². The Morgan fingerprint density at radius 3 is 2.26 bits per heavy atom. The Kier molecular flexibility index (Phi) is 6.04. The van der Waals surface area contributed by atoms with Gasteiger partial charge in [-0.2, -0.15) is 13.2 Å². The van der Waals surface area contributed by atoms with Crippen molar-refractivity contribution in [2.75, 3.05) is 26.2 Å². The number of carbonyl (C=O) groups is 1. The lowest BCUT2D eigenvalue weighted by Crippen LogP contribution is -2.48. The lowest BCUT2D eigenvalue weighted by atomic mass is 10.0. The molecule has 1 amide bonds. The van der Waals surface area contributed by atoms with Crippen molar-refractivity contribution in [1.29, 1.82) is 0 Å². The molecule has 160 valence electrons. The van der Waals surface area contributed by atoms with Crippen molar-refractivity contribution >= 4 is 5.91 Å². The van der Waals surface area contributed by atoms with Crippen LogP contribution >= 0.6 is 0 Å². The van der Waals surface area contributed by atoms with Gasteiger partial charge in [0.15, 0.2) is 0 Å². The van der Waals surface area contributed by atoms with Crippen LogP contribution in [0.1, 0.15) is 21.5 Å². The molecule has 0 aliphatic carbocycles. The zero-order valence-electron chi connectivity index (χ0n) is 16.8. The summed E-state index contributed by atoms with van der Waals surface area (Å²) in [6, 6.07) is 16.6. The highest BCUT2D eigenvalue weighted by atomic mass is 19.4. The number of halogens is 3. The van der Waals surface area contributed by atoms with Crippen LogP contribution in [0.2, 0.25) is 0 Å². The van der Waals surface area contributed by atoms with Crippen LogP contribution in [-0.2, 0) is 12.7 Å². The summed E-state index contributed by atoms with van der Waals surface area (Å²) in [5.41, 5.74) is 2.93. The Balaban J connectivity index is 1.38. The Morgan fingerprint density at radius 2 is 1.61 bits per heavy atom. The van der Waals surface area contributed by atoms with Gasteiger partial charge in [0, 0.05) is 56.2 Å². The normalized spacial score (nSPS) is 15.1. The van der Waals surface area contributed by atoms with E-state index in [0.717, 1.165) is 29.8 Å².